The van der Waals surface area contributed by atoms with Crippen molar-refractivity contribution in [3.63, 3.8) is 0 Å². The highest BCUT2D eigenvalue weighted by atomic mass is 32.2. The number of hydrogen-bond donors (Lipinski definition) is 0. The van der Waals surface area contributed by atoms with Gasteiger partial charge in [-0.15, -0.1) is 9.76 Å². The predicted molar refractivity (Wildman–Crippen MR) is 92.2 cm³/mol. The first-order valence-electron chi connectivity index (χ1n) is 7.71. The predicted octanol–water partition coefficient (Wildman–Crippen LogP) is 1.69. The second kappa shape index (κ2) is 7.67. The van der Waals surface area contributed by atoms with Crippen molar-refractivity contribution in [2.75, 3.05) is 26.9 Å². The van der Waals surface area contributed by atoms with Crippen molar-refractivity contribution in [1.29, 1.82) is 0 Å². The highest BCUT2D eigenvalue weighted by Crippen LogP contribution is 2.29. The Hall–Kier alpha value is -2.38. The van der Waals surface area contributed by atoms with Crippen LogP contribution < -0.4 is 4.74 Å². The Bertz CT molecular complexity index is 845. The first-order chi connectivity index (χ1) is 12.1. The third kappa shape index (κ3) is 3.67. The van der Waals surface area contributed by atoms with Gasteiger partial charge in [0.2, 0.25) is 0 Å². The van der Waals surface area contributed by atoms with Crippen LogP contribution in [0.3, 0.4) is 0 Å². The van der Waals surface area contributed by atoms with Gasteiger partial charge in [0.05, 0.1) is 6.61 Å². The summed E-state index contributed by atoms with van der Waals surface area (Å²) in [5, 5.41) is 0. The van der Waals surface area contributed by atoms with Crippen molar-refractivity contribution in [2.45, 2.75) is 4.90 Å². The Labute approximate surface area is 147 Å². The van der Waals surface area contributed by atoms with Gasteiger partial charge in [0, 0.05) is 18.6 Å². The minimum atomic E-state index is -1.38. The van der Waals surface area contributed by atoms with Crippen molar-refractivity contribution >= 4 is 27.0 Å². The molecule has 1 unspecified atom stereocenters. The van der Waals surface area contributed by atoms with Crippen LogP contribution in [-0.4, -0.2) is 43.5 Å². The van der Waals surface area contributed by atoms with Crippen LogP contribution >= 0.6 is 0 Å². The van der Waals surface area contributed by atoms with Gasteiger partial charge in [-0.1, -0.05) is 30.4 Å². The molecule has 0 saturated heterocycles. The van der Waals surface area contributed by atoms with Crippen LogP contribution in [0.1, 0.15) is 10.4 Å². The minimum absolute atomic E-state index is 0.127. The fourth-order valence-electron chi connectivity index (χ4n) is 2.59. The molecule has 1 heterocycles. The minimum Gasteiger partial charge on any atom is -0.482 e. The standard InChI is InChI=1S/C18H17O6S/c1-22-8-9-23-17(19)11-24-12-6-7-16-14(10-12)18(20)13-4-2-3-5-15(13)25(16)21/h2-7,10,13H,8-9,11H2,1H3/q-1. The van der Waals surface area contributed by atoms with Crippen LogP contribution in [0.25, 0.3) is 0 Å². The van der Waals surface area contributed by atoms with E-state index in [-0.39, 0.29) is 19.0 Å². The molecule has 132 valence electrons. The summed E-state index contributed by atoms with van der Waals surface area (Å²) in [5.41, 5.74) is 0.359. The van der Waals surface area contributed by atoms with Gasteiger partial charge in [-0.05, 0) is 12.1 Å². The van der Waals surface area contributed by atoms with Gasteiger partial charge in [-0.3, -0.25) is 4.79 Å². The number of fused-ring (bicyclic) bond motifs is 2. The highest BCUT2D eigenvalue weighted by molar-refractivity contribution is 7.85. The summed E-state index contributed by atoms with van der Waals surface area (Å²) in [6.45, 7) is 0.191. The van der Waals surface area contributed by atoms with E-state index >= 15 is 0 Å². The molecule has 0 N–H and O–H groups in total. The summed E-state index contributed by atoms with van der Waals surface area (Å²) in [6, 6.07) is 4.72. The van der Waals surface area contributed by atoms with Gasteiger partial charge in [0.1, 0.15) is 12.4 Å². The largest absolute Gasteiger partial charge is 0.482 e. The monoisotopic (exact) mass is 361 g/mol. The quantitative estimate of drug-likeness (QED) is 0.332. The third-order valence-corrected chi connectivity index (χ3v) is 5.38. The van der Waals surface area contributed by atoms with E-state index in [0.717, 1.165) is 0 Å². The average molecular weight is 361 g/mol. The molecule has 3 rings (SSSR count). The van der Waals surface area contributed by atoms with E-state index in [2.05, 4.69) is 0 Å². The molecule has 2 aliphatic rings. The SMILES string of the molecule is COCCOC(=O)COc1ccc2c(c1)C(=O)C1C=CC=CC1=[S-]2=O. The van der Waals surface area contributed by atoms with Crippen LogP contribution in [0.2, 0.25) is 0 Å². The number of esters is 1. The topological polar surface area (TPSA) is 78.9 Å². The van der Waals surface area contributed by atoms with E-state index in [1.54, 1.807) is 36.4 Å². The van der Waals surface area contributed by atoms with Crippen LogP contribution in [0.15, 0.2) is 47.4 Å². The molecule has 0 amide bonds. The van der Waals surface area contributed by atoms with Crippen LogP contribution in [0, 0.1) is 5.92 Å². The lowest BCUT2D eigenvalue weighted by Crippen LogP contribution is -2.29. The second-order valence-corrected chi connectivity index (χ2v) is 6.87. The first kappa shape index (κ1) is 17.4. The second-order valence-electron chi connectivity index (χ2n) is 5.42. The van der Waals surface area contributed by atoms with E-state index in [4.69, 9.17) is 14.2 Å². The molecule has 0 saturated carbocycles. The summed E-state index contributed by atoms with van der Waals surface area (Å²) < 4.78 is 27.7. The fraction of sp³-hybridized carbons (Fsp3) is 0.278. The van der Waals surface area contributed by atoms with Crippen LogP contribution in [-0.2, 0) is 28.9 Å². The number of hydrogen-bond acceptors (Lipinski definition) is 7. The first-order valence-corrected chi connectivity index (χ1v) is 8.86. The van der Waals surface area contributed by atoms with Crippen molar-refractivity contribution in [3.8, 4) is 5.75 Å². The van der Waals surface area contributed by atoms with Gasteiger partial charge < -0.3 is 18.4 Å². The Morgan fingerprint density at radius 3 is 2.88 bits per heavy atom. The average Bonchev–Trinajstić information content (AvgIpc) is 2.64. The molecule has 1 aliphatic heterocycles. The zero-order valence-corrected chi connectivity index (χ0v) is 14.4. The molecule has 6 nitrogen and oxygen atoms in total. The summed E-state index contributed by atoms with van der Waals surface area (Å²) >= 11 is 0. The lowest BCUT2D eigenvalue weighted by molar-refractivity contribution is -0.147. The molecule has 0 radical (unpaired) electrons. The molecule has 0 bridgehead atoms. The molecule has 1 aliphatic carbocycles. The molecule has 0 spiro atoms. The Balaban J connectivity index is 1.76. The molecule has 1 aromatic carbocycles. The number of methoxy groups -OCH3 is 1. The molecule has 0 fully saturated rings. The van der Waals surface area contributed by atoms with E-state index in [0.29, 0.717) is 27.7 Å². The van der Waals surface area contributed by atoms with Gasteiger partial charge >= 0.3 is 5.97 Å². The maximum atomic E-state index is 12.7. The van der Waals surface area contributed by atoms with Crippen molar-refractivity contribution in [3.05, 3.63) is 48.1 Å². The van der Waals surface area contributed by atoms with Crippen molar-refractivity contribution in [2.24, 2.45) is 5.92 Å². The summed E-state index contributed by atoms with van der Waals surface area (Å²) in [5.74, 6) is -0.807. The number of Topliss-reactive ketones (excluding diaryl/α,β-unsaturated/α-hetero) is 1. The summed E-state index contributed by atoms with van der Waals surface area (Å²) in [4.78, 5) is 25.3. The number of ketones is 1. The zero-order valence-electron chi connectivity index (χ0n) is 13.6. The van der Waals surface area contributed by atoms with Gasteiger partial charge in [-0.2, -0.15) is 0 Å². The van der Waals surface area contributed by atoms with E-state index in [1.165, 1.54) is 13.2 Å². The molecular formula is C18H17O6S-. The van der Waals surface area contributed by atoms with Crippen LogP contribution in [0.5, 0.6) is 5.75 Å². The van der Waals surface area contributed by atoms with E-state index in [9.17, 15) is 13.8 Å². The lowest BCUT2D eigenvalue weighted by atomic mass is 9.91. The molecule has 1 atom stereocenters. The number of benzene rings is 1. The number of carbonyl (C=O) groups excluding carboxylic acids is 2. The third-order valence-electron chi connectivity index (χ3n) is 3.80. The number of allylic oxidation sites excluding steroid dienone is 4. The van der Waals surface area contributed by atoms with Gasteiger partial charge in [0.25, 0.3) is 0 Å². The van der Waals surface area contributed by atoms with Crippen molar-refractivity contribution in [1.82, 2.24) is 0 Å². The Morgan fingerprint density at radius 1 is 1.24 bits per heavy atom. The Morgan fingerprint density at radius 2 is 2.08 bits per heavy atom. The zero-order chi connectivity index (χ0) is 17.8. The number of ether oxygens (including phenoxy) is 3. The normalized spacial score (nSPS) is 18.7. The summed E-state index contributed by atoms with van der Waals surface area (Å²) in [7, 11) is 0.130. The van der Waals surface area contributed by atoms with Gasteiger partial charge in [-0.25, -0.2) is 15.2 Å². The molecule has 1 aromatic rings. The Kier molecular flexibility index (Phi) is 5.35. The number of carbonyl (C=O) groups is 2. The smallest absolute Gasteiger partial charge is 0.344 e. The van der Waals surface area contributed by atoms with E-state index < -0.39 is 22.3 Å². The van der Waals surface area contributed by atoms with Crippen LogP contribution in [0.4, 0.5) is 0 Å². The van der Waals surface area contributed by atoms with Crippen molar-refractivity contribution < 1.29 is 28.0 Å². The fourth-order valence-corrected chi connectivity index (χ4v) is 4.01. The maximum Gasteiger partial charge on any atom is 0.344 e. The molecule has 0 aromatic heterocycles. The summed E-state index contributed by atoms with van der Waals surface area (Å²) in [6.07, 6.45) is 7.00. The molecular weight excluding hydrogens is 344 g/mol. The molecule has 7 heteroatoms. The van der Waals surface area contributed by atoms with E-state index in [1.807, 2.05) is 0 Å². The maximum absolute atomic E-state index is 12.7. The highest BCUT2D eigenvalue weighted by Gasteiger charge is 2.25. The molecule has 25 heavy (non-hydrogen) atoms. The number of rotatable bonds is 6. The lowest BCUT2D eigenvalue weighted by Gasteiger charge is -2.30. The van der Waals surface area contributed by atoms with Gasteiger partial charge in [0.15, 0.2) is 12.4 Å².